The van der Waals surface area contributed by atoms with E-state index in [1.54, 1.807) is 0 Å². The van der Waals surface area contributed by atoms with E-state index in [1.165, 1.54) is 12.1 Å². The van der Waals surface area contributed by atoms with E-state index in [2.05, 4.69) is 44.7 Å². The molecule has 10 heteroatoms. The summed E-state index contributed by atoms with van der Waals surface area (Å²) in [7, 11) is 2.07. The second kappa shape index (κ2) is 10.5. The number of benzene rings is 1. The minimum atomic E-state index is -4.53. The van der Waals surface area contributed by atoms with Crippen molar-refractivity contribution in [2.24, 2.45) is 0 Å². The third-order valence-electron chi connectivity index (χ3n) is 6.42. The molecule has 2 aliphatic rings. The molecule has 0 aliphatic carbocycles. The Balaban J connectivity index is 1.51. The van der Waals surface area contributed by atoms with E-state index in [1.807, 2.05) is 12.1 Å². The van der Waals surface area contributed by atoms with Gasteiger partial charge in [0.2, 0.25) is 5.88 Å². The number of halogens is 5. The first-order valence-corrected chi connectivity index (χ1v) is 12.6. The van der Waals surface area contributed by atoms with Crippen LogP contribution < -0.4 is 14.4 Å². The van der Waals surface area contributed by atoms with Gasteiger partial charge >= 0.3 is 6.18 Å². The van der Waals surface area contributed by atoms with Crippen LogP contribution in [0, 0.1) is 0 Å². The molecule has 1 aromatic heterocycles. The summed E-state index contributed by atoms with van der Waals surface area (Å²) < 4.78 is 53.4. The van der Waals surface area contributed by atoms with Crippen molar-refractivity contribution in [3.63, 3.8) is 0 Å². The highest BCUT2D eigenvalue weighted by atomic mass is 79.9. The van der Waals surface area contributed by atoms with Gasteiger partial charge in [-0.05, 0) is 66.2 Å². The molecule has 2 fully saturated rings. The number of alkyl halides is 3. The lowest BCUT2D eigenvalue weighted by molar-refractivity contribution is -0.139. The van der Waals surface area contributed by atoms with E-state index in [4.69, 9.17) is 21.1 Å². The molecule has 2 aliphatic heterocycles. The van der Waals surface area contributed by atoms with E-state index in [9.17, 15) is 13.2 Å². The summed E-state index contributed by atoms with van der Waals surface area (Å²) >= 11 is 9.25. The lowest BCUT2D eigenvalue weighted by atomic mass is 9.96. The monoisotopic (exact) mass is 561 g/mol. The molecule has 186 valence electrons. The molecule has 0 bridgehead atoms. The van der Waals surface area contributed by atoms with Gasteiger partial charge in [0.15, 0.2) is 0 Å². The molecule has 1 aromatic carbocycles. The SMILES string of the molecule is CCC1CC(Oc2ccc(Cl)cc2C(F)(F)F)CCN1c1ccc(Br)nc1O[C@@H]1CCN(C)C1. The van der Waals surface area contributed by atoms with Crippen molar-refractivity contribution < 1.29 is 22.6 Å². The number of piperidine rings is 1. The highest BCUT2D eigenvalue weighted by Gasteiger charge is 2.37. The molecule has 34 heavy (non-hydrogen) atoms. The van der Waals surface area contributed by atoms with Crippen molar-refractivity contribution in [2.45, 2.75) is 57.0 Å². The number of anilines is 1. The van der Waals surface area contributed by atoms with Gasteiger partial charge in [-0.15, -0.1) is 0 Å². The molecule has 0 amide bonds. The quantitative estimate of drug-likeness (QED) is 0.380. The zero-order chi connectivity index (χ0) is 24.5. The maximum atomic E-state index is 13.5. The number of likely N-dealkylation sites (N-methyl/N-ethyl adjacent to an activating group) is 1. The molecule has 0 radical (unpaired) electrons. The van der Waals surface area contributed by atoms with E-state index in [0.29, 0.717) is 29.9 Å². The standard InChI is InChI=1S/C24H28BrClF3N3O2/c1-3-16-13-17(33-21-6-4-15(26)12-19(21)24(27,28)29)9-11-32(16)20-5-7-22(25)30-23(20)34-18-8-10-31(2)14-18/h4-7,12,16-18H,3,8-11,13-14H2,1-2H3/t16?,17?,18-/m1/s1. The molecule has 3 heterocycles. The van der Waals surface area contributed by atoms with Gasteiger partial charge in [-0.3, -0.25) is 0 Å². The van der Waals surface area contributed by atoms with Crippen LogP contribution in [0.4, 0.5) is 18.9 Å². The Kier molecular flexibility index (Phi) is 7.84. The zero-order valence-corrected chi connectivity index (χ0v) is 21.5. The smallest absolute Gasteiger partial charge is 0.420 e. The lowest BCUT2D eigenvalue weighted by Gasteiger charge is -2.41. The summed E-state index contributed by atoms with van der Waals surface area (Å²) in [6, 6.07) is 7.62. The molecule has 4 rings (SSSR count). The number of hydrogen-bond acceptors (Lipinski definition) is 5. The van der Waals surface area contributed by atoms with Gasteiger partial charge in [0.25, 0.3) is 0 Å². The summed E-state index contributed by atoms with van der Waals surface area (Å²) in [6.45, 7) is 4.53. The summed E-state index contributed by atoms with van der Waals surface area (Å²) in [5, 5.41) is 0.0321. The normalized spacial score (nSPS) is 23.9. The number of nitrogens with zero attached hydrogens (tertiary/aromatic N) is 3. The van der Waals surface area contributed by atoms with Crippen LogP contribution >= 0.6 is 27.5 Å². The van der Waals surface area contributed by atoms with Crippen LogP contribution in [0.15, 0.2) is 34.9 Å². The minimum absolute atomic E-state index is 0.0321. The lowest BCUT2D eigenvalue weighted by Crippen LogP contribution is -2.46. The molecular formula is C24H28BrClF3N3O2. The highest BCUT2D eigenvalue weighted by Crippen LogP contribution is 2.40. The molecule has 2 aromatic rings. The number of pyridine rings is 1. The molecule has 5 nitrogen and oxygen atoms in total. The Bertz CT molecular complexity index is 1010. The third kappa shape index (κ3) is 5.91. The molecule has 2 saturated heterocycles. The maximum Gasteiger partial charge on any atom is 0.420 e. The topological polar surface area (TPSA) is 37.8 Å². The average molecular weight is 563 g/mol. The zero-order valence-electron chi connectivity index (χ0n) is 19.1. The van der Waals surface area contributed by atoms with E-state index in [-0.39, 0.29) is 29.0 Å². The largest absolute Gasteiger partial charge is 0.490 e. The van der Waals surface area contributed by atoms with E-state index < -0.39 is 11.7 Å². The van der Waals surface area contributed by atoms with Gasteiger partial charge in [0.05, 0.1) is 5.56 Å². The first kappa shape index (κ1) is 25.4. The second-order valence-corrected chi connectivity index (χ2v) is 10.2. The van der Waals surface area contributed by atoms with Crippen LogP contribution in [0.25, 0.3) is 0 Å². The predicted molar refractivity (Wildman–Crippen MR) is 130 cm³/mol. The number of aromatic nitrogens is 1. The third-order valence-corrected chi connectivity index (χ3v) is 7.10. The van der Waals surface area contributed by atoms with Crippen LogP contribution in [0.3, 0.4) is 0 Å². The van der Waals surface area contributed by atoms with Gasteiger partial charge in [-0.2, -0.15) is 13.2 Å². The van der Waals surface area contributed by atoms with Crippen LogP contribution in [-0.4, -0.2) is 54.8 Å². The predicted octanol–water partition coefficient (Wildman–Crippen LogP) is 6.43. The fourth-order valence-electron chi connectivity index (χ4n) is 4.70. The Morgan fingerprint density at radius 1 is 1.12 bits per heavy atom. The Morgan fingerprint density at radius 3 is 2.56 bits per heavy atom. The Labute approximate surface area is 211 Å². The van der Waals surface area contributed by atoms with Gasteiger partial charge in [0, 0.05) is 43.5 Å². The fraction of sp³-hybridized carbons (Fsp3) is 0.542. The number of rotatable bonds is 6. The number of likely N-dealkylation sites (tertiary alicyclic amines) is 1. The average Bonchev–Trinajstić information content (AvgIpc) is 3.19. The van der Waals surface area contributed by atoms with Crippen molar-refractivity contribution in [3.05, 3.63) is 45.5 Å². The highest BCUT2D eigenvalue weighted by molar-refractivity contribution is 9.10. The molecule has 0 N–H and O–H groups in total. The van der Waals surface area contributed by atoms with Crippen molar-refractivity contribution in [3.8, 4) is 11.6 Å². The molecule has 3 atom stereocenters. The van der Waals surface area contributed by atoms with Gasteiger partial charge < -0.3 is 19.3 Å². The minimum Gasteiger partial charge on any atom is -0.490 e. The summed E-state index contributed by atoms with van der Waals surface area (Å²) in [4.78, 5) is 9.08. The van der Waals surface area contributed by atoms with Gasteiger partial charge in [-0.1, -0.05) is 18.5 Å². The van der Waals surface area contributed by atoms with Crippen LogP contribution in [-0.2, 0) is 6.18 Å². The molecule has 0 saturated carbocycles. The Hall–Kier alpha value is -1.71. The summed E-state index contributed by atoms with van der Waals surface area (Å²) in [6.07, 6.45) is -1.85. The van der Waals surface area contributed by atoms with Crippen molar-refractivity contribution in [1.82, 2.24) is 9.88 Å². The van der Waals surface area contributed by atoms with Crippen molar-refractivity contribution in [2.75, 3.05) is 31.6 Å². The van der Waals surface area contributed by atoms with Gasteiger partial charge in [-0.25, -0.2) is 4.98 Å². The fourth-order valence-corrected chi connectivity index (χ4v) is 5.16. The van der Waals surface area contributed by atoms with E-state index in [0.717, 1.165) is 37.7 Å². The van der Waals surface area contributed by atoms with Crippen LogP contribution in [0.5, 0.6) is 11.6 Å². The van der Waals surface area contributed by atoms with Gasteiger partial charge in [0.1, 0.15) is 28.2 Å². The van der Waals surface area contributed by atoms with Crippen LogP contribution in [0.2, 0.25) is 5.02 Å². The summed E-state index contributed by atoms with van der Waals surface area (Å²) in [5.41, 5.74) is 0.0651. The van der Waals surface area contributed by atoms with E-state index >= 15 is 0 Å². The molecule has 0 spiro atoms. The first-order valence-electron chi connectivity index (χ1n) is 11.5. The number of ether oxygens (including phenoxy) is 2. The molecule has 2 unspecified atom stereocenters. The second-order valence-electron chi connectivity index (χ2n) is 8.91. The first-order chi connectivity index (χ1) is 16.1. The maximum absolute atomic E-state index is 13.5. The van der Waals surface area contributed by atoms with Crippen LogP contribution in [0.1, 0.15) is 38.2 Å². The number of hydrogen-bond donors (Lipinski definition) is 0. The molecular weight excluding hydrogens is 535 g/mol. The summed E-state index contributed by atoms with van der Waals surface area (Å²) in [5.74, 6) is 0.412. The van der Waals surface area contributed by atoms with Crippen molar-refractivity contribution >= 4 is 33.2 Å². The Morgan fingerprint density at radius 2 is 1.88 bits per heavy atom. The van der Waals surface area contributed by atoms with Crippen molar-refractivity contribution in [1.29, 1.82) is 0 Å².